The third-order valence-corrected chi connectivity index (χ3v) is 2.59. The van der Waals surface area contributed by atoms with Crippen molar-refractivity contribution in [1.82, 2.24) is 9.80 Å². The van der Waals surface area contributed by atoms with Crippen LogP contribution in [0.2, 0.25) is 0 Å². The van der Waals surface area contributed by atoms with Gasteiger partial charge >= 0.3 is 6.09 Å². The number of piperazine rings is 1. The van der Waals surface area contributed by atoms with Crippen LogP contribution >= 0.6 is 11.6 Å². The highest BCUT2D eigenvalue weighted by Gasteiger charge is 2.26. The normalized spacial score (nSPS) is 18.2. The van der Waals surface area contributed by atoms with Gasteiger partial charge in [0.25, 0.3) is 0 Å². The summed E-state index contributed by atoms with van der Waals surface area (Å²) in [7, 11) is 0. The number of amides is 1. The van der Waals surface area contributed by atoms with E-state index in [0.717, 1.165) is 0 Å². The van der Waals surface area contributed by atoms with Crippen molar-refractivity contribution in [2.24, 2.45) is 5.16 Å². The van der Waals surface area contributed by atoms with Crippen molar-refractivity contribution in [3.05, 3.63) is 0 Å². The average Bonchev–Trinajstić information content (AvgIpc) is 2.26. The second kappa shape index (κ2) is 5.44. The van der Waals surface area contributed by atoms with Gasteiger partial charge in [0.1, 0.15) is 5.60 Å². The molecular formula is C10H18ClN3O3. The first-order chi connectivity index (χ1) is 7.83. The minimum atomic E-state index is -0.488. The molecule has 0 spiro atoms. The Kier molecular flexibility index (Phi) is 4.45. The first-order valence-electron chi connectivity index (χ1n) is 5.44. The lowest BCUT2D eigenvalue weighted by atomic mass is 10.2. The number of halogens is 1. The molecule has 98 valence electrons. The summed E-state index contributed by atoms with van der Waals surface area (Å²) in [5, 5.41) is 11.5. The smallest absolute Gasteiger partial charge is 0.410 e. The second-order valence-electron chi connectivity index (χ2n) is 4.82. The molecule has 0 atom stereocenters. The van der Waals surface area contributed by atoms with Gasteiger partial charge < -0.3 is 19.7 Å². The SMILES string of the molecule is CC(C)(C)OC(=O)N1CCN(/C(Cl)=N\O)CC1. The van der Waals surface area contributed by atoms with E-state index in [1.807, 2.05) is 20.8 Å². The van der Waals surface area contributed by atoms with Gasteiger partial charge in [-0.25, -0.2) is 4.79 Å². The predicted octanol–water partition coefficient (Wildman–Crippen LogP) is 1.52. The van der Waals surface area contributed by atoms with E-state index >= 15 is 0 Å². The Morgan fingerprint density at radius 3 is 2.12 bits per heavy atom. The van der Waals surface area contributed by atoms with E-state index in [9.17, 15) is 4.79 Å². The summed E-state index contributed by atoms with van der Waals surface area (Å²) >= 11 is 5.67. The highest BCUT2D eigenvalue weighted by atomic mass is 35.5. The summed E-state index contributed by atoms with van der Waals surface area (Å²) in [4.78, 5) is 15.0. The van der Waals surface area contributed by atoms with Crippen LogP contribution in [0.5, 0.6) is 0 Å². The number of carbonyl (C=O) groups excluding carboxylic acids is 1. The number of nitrogens with zero attached hydrogens (tertiary/aromatic N) is 3. The largest absolute Gasteiger partial charge is 0.444 e. The number of hydrogen-bond donors (Lipinski definition) is 1. The number of rotatable bonds is 0. The highest BCUT2D eigenvalue weighted by molar-refractivity contribution is 6.64. The Bertz CT molecular complexity index is 306. The summed E-state index contributed by atoms with van der Waals surface area (Å²) in [5.74, 6) is 0. The third kappa shape index (κ3) is 4.30. The van der Waals surface area contributed by atoms with Crippen LogP contribution in [0.3, 0.4) is 0 Å². The summed E-state index contributed by atoms with van der Waals surface area (Å²) in [5.41, 5.74) is -0.488. The van der Waals surface area contributed by atoms with Gasteiger partial charge in [0.05, 0.1) is 0 Å². The van der Waals surface area contributed by atoms with E-state index in [1.54, 1.807) is 9.80 Å². The number of amidine groups is 1. The Labute approximate surface area is 106 Å². The van der Waals surface area contributed by atoms with Crippen molar-refractivity contribution in [3.8, 4) is 0 Å². The highest BCUT2D eigenvalue weighted by Crippen LogP contribution is 2.12. The quantitative estimate of drug-likeness (QED) is 0.237. The lowest BCUT2D eigenvalue weighted by molar-refractivity contribution is 0.0187. The standard InChI is InChI=1S/C10H18ClN3O3/c1-10(2,3)17-9(15)14-6-4-13(5-7-14)8(11)12-16/h16H,4-7H2,1-3H3/b12-8-. The van der Waals surface area contributed by atoms with Crippen LogP contribution in [0.4, 0.5) is 4.79 Å². The molecule has 6 nitrogen and oxygen atoms in total. The maximum Gasteiger partial charge on any atom is 0.410 e. The molecule has 0 radical (unpaired) electrons. The lowest BCUT2D eigenvalue weighted by Crippen LogP contribution is -2.50. The zero-order chi connectivity index (χ0) is 13.1. The molecule has 0 aliphatic carbocycles. The minimum absolute atomic E-state index is 0.0499. The molecule has 0 aromatic carbocycles. The van der Waals surface area contributed by atoms with Gasteiger partial charge in [-0.2, -0.15) is 0 Å². The van der Waals surface area contributed by atoms with Gasteiger partial charge in [0.2, 0.25) is 5.29 Å². The van der Waals surface area contributed by atoms with Crippen molar-refractivity contribution in [1.29, 1.82) is 0 Å². The van der Waals surface area contributed by atoms with Gasteiger partial charge in [-0.15, -0.1) is 0 Å². The fourth-order valence-electron chi connectivity index (χ4n) is 1.46. The van der Waals surface area contributed by atoms with Crippen LogP contribution in [0.15, 0.2) is 5.16 Å². The number of carbonyl (C=O) groups is 1. The van der Waals surface area contributed by atoms with Gasteiger partial charge in [-0.3, -0.25) is 0 Å². The molecule has 1 heterocycles. The fraction of sp³-hybridized carbons (Fsp3) is 0.800. The minimum Gasteiger partial charge on any atom is -0.444 e. The molecule has 1 aliphatic heterocycles. The maximum atomic E-state index is 11.7. The van der Waals surface area contributed by atoms with Crippen molar-refractivity contribution < 1.29 is 14.7 Å². The number of oxime groups is 1. The monoisotopic (exact) mass is 263 g/mol. The van der Waals surface area contributed by atoms with Crippen LogP contribution < -0.4 is 0 Å². The number of ether oxygens (including phenoxy) is 1. The van der Waals surface area contributed by atoms with E-state index in [-0.39, 0.29) is 11.4 Å². The third-order valence-electron chi connectivity index (χ3n) is 2.27. The molecule has 1 rings (SSSR count). The van der Waals surface area contributed by atoms with Gasteiger partial charge in [-0.1, -0.05) is 5.16 Å². The first kappa shape index (κ1) is 13.9. The Morgan fingerprint density at radius 2 is 1.71 bits per heavy atom. The van der Waals surface area contributed by atoms with Crippen LogP contribution in [-0.4, -0.2) is 58.2 Å². The molecule has 1 amide bonds. The van der Waals surface area contributed by atoms with Crippen molar-refractivity contribution in [3.63, 3.8) is 0 Å². The van der Waals surface area contributed by atoms with Gasteiger partial charge in [0.15, 0.2) is 0 Å². The van der Waals surface area contributed by atoms with Crippen LogP contribution in [-0.2, 0) is 4.74 Å². The molecule has 1 aliphatic rings. The van der Waals surface area contributed by atoms with Crippen molar-refractivity contribution in [2.45, 2.75) is 26.4 Å². The van der Waals surface area contributed by atoms with E-state index < -0.39 is 5.60 Å². The molecule has 1 fully saturated rings. The van der Waals surface area contributed by atoms with Crippen molar-refractivity contribution >= 4 is 23.0 Å². The molecule has 17 heavy (non-hydrogen) atoms. The second-order valence-corrected chi connectivity index (χ2v) is 5.16. The van der Waals surface area contributed by atoms with Crippen LogP contribution in [0.25, 0.3) is 0 Å². The Hall–Kier alpha value is -1.17. The average molecular weight is 264 g/mol. The molecule has 7 heteroatoms. The van der Waals surface area contributed by atoms with Gasteiger partial charge in [-0.05, 0) is 32.4 Å². The van der Waals surface area contributed by atoms with Crippen molar-refractivity contribution in [2.75, 3.05) is 26.2 Å². The first-order valence-corrected chi connectivity index (χ1v) is 5.82. The summed E-state index contributed by atoms with van der Waals surface area (Å²) in [6, 6.07) is 0. The number of hydrogen-bond acceptors (Lipinski definition) is 4. The lowest BCUT2D eigenvalue weighted by Gasteiger charge is -2.35. The zero-order valence-electron chi connectivity index (χ0n) is 10.3. The summed E-state index contributed by atoms with van der Waals surface area (Å²) < 4.78 is 5.26. The summed E-state index contributed by atoms with van der Waals surface area (Å²) in [6.45, 7) is 7.55. The Morgan fingerprint density at radius 1 is 1.24 bits per heavy atom. The molecular weight excluding hydrogens is 246 g/mol. The van der Waals surface area contributed by atoms with E-state index in [2.05, 4.69) is 5.16 Å². The Balaban J connectivity index is 2.44. The van der Waals surface area contributed by atoms with E-state index in [0.29, 0.717) is 26.2 Å². The van der Waals surface area contributed by atoms with Gasteiger partial charge in [0, 0.05) is 26.2 Å². The molecule has 0 bridgehead atoms. The van der Waals surface area contributed by atoms with E-state index in [4.69, 9.17) is 21.5 Å². The molecule has 0 aromatic rings. The van der Waals surface area contributed by atoms with E-state index in [1.165, 1.54) is 0 Å². The fourth-order valence-corrected chi connectivity index (χ4v) is 1.63. The maximum absolute atomic E-state index is 11.7. The predicted molar refractivity (Wildman–Crippen MR) is 64.5 cm³/mol. The van der Waals surface area contributed by atoms with Crippen LogP contribution in [0, 0.1) is 0 Å². The molecule has 0 aromatic heterocycles. The summed E-state index contributed by atoms with van der Waals surface area (Å²) in [6.07, 6.45) is -0.325. The topological polar surface area (TPSA) is 65.4 Å². The molecule has 0 unspecified atom stereocenters. The zero-order valence-corrected chi connectivity index (χ0v) is 11.1. The molecule has 1 saturated heterocycles. The molecule has 1 N–H and O–H groups in total. The molecule has 0 saturated carbocycles. The van der Waals surface area contributed by atoms with Crippen LogP contribution in [0.1, 0.15) is 20.8 Å².